The monoisotopic (exact) mass is 268 g/mol. The molecule has 0 heterocycles. The Labute approximate surface area is 109 Å². The van der Waals surface area contributed by atoms with Gasteiger partial charge in [0.2, 0.25) is 10.0 Å². The lowest BCUT2D eigenvalue weighted by atomic mass is 10.1. The quantitative estimate of drug-likeness (QED) is 0.760. The number of benzene rings is 1. The van der Waals surface area contributed by atoms with Gasteiger partial charge in [0, 0.05) is 13.6 Å². The first kappa shape index (κ1) is 14.9. The molecule has 0 unspecified atom stereocenters. The van der Waals surface area contributed by atoms with Crippen LogP contribution in [0.1, 0.15) is 12.0 Å². The van der Waals surface area contributed by atoms with Crippen LogP contribution in [0, 0.1) is 0 Å². The Bertz CT molecular complexity index is 480. The van der Waals surface area contributed by atoms with Crippen molar-refractivity contribution in [1.82, 2.24) is 4.31 Å². The third-order valence-corrected chi connectivity index (χ3v) is 4.52. The number of nitrogens with zero attached hydrogens (tertiary/aromatic N) is 1. The van der Waals surface area contributed by atoms with Gasteiger partial charge in [0.15, 0.2) is 0 Å². The Kier molecular flexibility index (Phi) is 5.53. The molecule has 0 atom stereocenters. The molecule has 4 nitrogen and oxygen atoms in total. The number of sulfonamides is 1. The second-order valence-corrected chi connectivity index (χ2v) is 6.16. The maximum absolute atomic E-state index is 12.1. The summed E-state index contributed by atoms with van der Waals surface area (Å²) in [5.74, 6) is 0. The minimum absolute atomic E-state index is 0.303. The van der Waals surface area contributed by atoms with Gasteiger partial charge < -0.3 is 5.73 Å². The Morgan fingerprint density at radius 1 is 1.33 bits per heavy atom. The molecule has 0 aromatic heterocycles. The van der Waals surface area contributed by atoms with E-state index in [1.54, 1.807) is 25.3 Å². The summed E-state index contributed by atoms with van der Waals surface area (Å²) in [6, 6.07) is 6.95. The minimum Gasteiger partial charge on any atom is -0.330 e. The topological polar surface area (TPSA) is 63.4 Å². The first-order valence-corrected chi connectivity index (χ1v) is 7.32. The van der Waals surface area contributed by atoms with E-state index in [0.29, 0.717) is 18.0 Å². The molecule has 0 aliphatic heterocycles. The van der Waals surface area contributed by atoms with Crippen molar-refractivity contribution in [2.24, 2.45) is 5.73 Å². The van der Waals surface area contributed by atoms with Gasteiger partial charge in [-0.2, -0.15) is 4.31 Å². The smallest absolute Gasteiger partial charge is 0.243 e. The van der Waals surface area contributed by atoms with Crippen molar-refractivity contribution in [3.05, 3.63) is 42.5 Å². The standard InChI is InChI=1S/C13H20N2O2S/c1-3-11-15(2)18(16,17)13-8-6-12(7-9-13)5-4-10-14/h3,6-9H,1,4-5,10-11,14H2,2H3. The van der Waals surface area contributed by atoms with Gasteiger partial charge >= 0.3 is 0 Å². The average Bonchev–Trinajstić information content (AvgIpc) is 2.37. The summed E-state index contributed by atoms with van der Waals surface area (Å²) in [5.41, 5.74) is 6.54. The van der Waals surface area contributed by atoms with Gasteiger partial charge in [0.1, 0.15) is 0 Å². The molecule has 0 saturated heterocycles. The van der Waals surface area contributed by atoms with Crippen LogP contribution >= 0.6 is 0 Å². The number of nitrogens with two attached hydrogens (primary N) is 1. The lowest BCUT2D eigenvalue weighted by Crippen LogP contribution is -2.26. The van der Waals surface area contributed by atoms with Crippen LogP contribution in [0.2, 0.25) is 0 Å². The van der Waals surface area contributed by atoms with Crippen LogP contribution in [0.5, 0.6) is 0 Å². The summed E-state index contributed by atoms with van der Waals surface area (Å²) in [6.45, 7) is 4.48. The van der Waals surface area contributed by atoms with Crippen LogP contribution in [0.25, 0.3) is 0 Å². The first-order valence-electron chi connectivity index (χ1n) is 5.88. The van der Waals surface area contributed by atoms with Gasteiger partial charge in [-0.15, -0.1) is 6.58 Å². The Balaban J connectivity index is 2.87. The van der Waals surface area contributed by atoms with E-state index >= 15 is 0 Å². The van der Waals surface area contributed by atoms with E-state index in [1.807, 2.05) is 12.1 Å². The maximum atomic E-state index is 12.1. The van der Waals surface area contributed by atoms with Crippen molar-refractivity contribution in [3.8, 4) is 0 Å². The molecule has 1 aromatic carbocycles. The molecule has 5 heteroatoms. The Hall–Kier alpha value is -1.17. The number of aryl methyl sites for hydroxylation is 1. The first-order chi connectivity index (χ1) is 8.52. The van der Waals surface area contributed by atoms with Crippen molar-refractivity contribution >= 4 is 10.0 Å². The highest BCUT2D eigenvalue weighted by Crippen LogP contribution is 2.15. The highest BCUT2D eigenvalue weighted by atomic mass is 32.2. The average molecular weight is 268 g/mol. The molecule has 0 amide bonds. The van der Waals surface area contributed by atoms with E-state index in [1.165, 1.54) is 4.31 Å². The molecule has 18 heavy (non-hydrogen) atoms. The Morgan fingerprint density at radius 3 is 2.44 bits per heavy atom. The highest BCUT2D eigenvalue weighted by Gasteiger charge is 2.18. The van der Waals surface area contributed by atoms with Crippen molar-refractivity contribution in [2.75, 3.05) is 20.1 Å². The predicted octanol–water partition coefficient (Wildman–Crippen LogP) is 1.38. The van der Waals surface area contributed by atoms with Gasteiger partial charge in [-0.3, -0.25) is 0 Å². The minimum atomic E-state index is -3.40. The molecule has 0 bridgehead atoms. The zero-order chi connectivity index (χ0) is 13.6. The molecular weight excluding hydrogens is 248 g/mol. The fourth-order valence-corrected chi connectivity index (χ4v) is 2.74. The number of hydrogen-bond acceptors (Lipinski definition) is 3. The third-order valence-electron chi connectivity index (χ3n) is 2.69. The van der Waals surface area contributed by atoms with Crippen LogP contribution in [0.4, 0.5) is 0 Å². The molecule has 0 aliphatic rings. The lowest BCUT2D eigenvalue weighted by Gasteiger charge is -2.15. The SMILES string of the molecule is C=CCN(C)S(=O)(=O)c1ccc(CCCN)cc1. The van der Waals surface area contributed by atoms with Gasteiger partial charge in [-0.1, -0.05) is 18.2 Å². The van der Waals surface area contributed by atoms with Gasteiger partial charge in [-0.05, 0) is 37.1 Å². The molecule has 0 spiro atoms. The summed E-state index contributed by atoms with van der Waals surface area (Å²) in [6.07, 6.45) is 3.34. The van der Waals surface area contributed by atoms with Crippen LogP contribution in [-0.4, -0.2) is 32.9 Å². The van der Waals surface area contributed by atoms with Crippen LogP contribution in [0.15, 0.2) is 41.8 Å². The molecular formula is C13H20N2O2S. The summed E-state index contributed by atoms with van der Waals surface area (Å²) < 4.78 is 25.5. The van der Waals surface area contributed by atoms with E-state index in [4.69, 9.17) is 5.73 Å². The second kappa shape index (κ2) is 6.68. The van der Waals surface area contributed by atoms with E-state index in [9.17, 15) is 8.42 Å². The van der Waals surface area contributed by atoms with E-state index in [2.05, 4.69) is 6.58 Å². The van der Waals surface area contributed by atoms with E-state index < -0.39 is 10.0 Å². The summed E-state index contributed by atoms with van der Waals surface area (Å²) in [5, 5.41) is 0. The fraction of sp³-hybridized carbons (Fsp3) is 0.385. The number of hydrogen-bond donors (Lipinski definition) is 1. The van der Waals surface area contributed by atoms with Crippen LogP contribution in [-0.2, 0) is 16.4 Å². The van der Waals surface area contributed by atoms with Crippen molar-refractivity contribution in [3.63, 3.8) is 0 Å². The predicted molar refractivity (Wildman–Crippen MR) is 73.8 cm³/mol. The molecule has 0 radical (unpaired) electrons. The summed E-state index contributed by atoms with van der Waals surface area (Å²) >= 11 is 0. The zero-order valence-electron chi connectivity index (χ0n) is 10.7. The normalized spacial score (nSPS) is 11.7. The fourth-order valence-electron chi connectivity index (χ4n) is 1.59. The largest absolute Gasteiger partial charge is 0.330 e. The van der Waals surface area contributed by atoms with Gasteiger partial charge in [0.25, 0.3) is 0 Å². The molecule has 0 aliphatic carbocycles. The van der Waals surface area contributed by atoms with Crippen LogP contribution in [0.3, 0.4) is 0 Å². The molecule has 100 valence electrons. The van der Waals surface area contributed by atoms with Gasteiger partial charge in [0.05, 0.1) is 4.90 Å². The highest BCUT2D eigenvalue weighted by molar-refractivity contribution is 7.89. The number of likely N-dealkylation sites (N-methyl/N-ethyl adjacent to an activating group) is 1. The third kappa shape index (κ3) is 3.66. The molecule has 2 N–H and O–H groups in total. The second-order valence-electron chi connectivity index (χ2n) is 4.11. The Morgan fingerprint density at radius 2 is 1.94 bits per heavy atom. The molecule has 0 saturated carbocycles. The van der Waals surface area contributed by atoms with Crippen molar-refractivity contribution < 1.29 is 8.42 Å². The molecule has 1 rings (SSSR count). The van der Waals surface area contributed by atoms with Crippen molar-refractivity contribution in [1.29, 1.82) is 0 Å². The zero-order valence-corrected chi connectivity index (χ0v) is 11.5. The molecule has 0 fully saturated rings. The van der Waals surface area contributed by atoms with E-state index in [-0.39, 0.29) is 0 Å². The lowest BCUT2D eigenvalue weighted by molar-refractivity contribution is 0.499. The summed E-state index contributed by atoms with van der Waals surface area (Å²) in [4.78, 5) is 0.309. The van der Waals surface area contributed by atoms with Gasteiger partial charge in [-0.25, -0.2) is 8.42 Å². The van der Waals surface area contributed by atoms with Crippen molar-refractivity contribution in [2.45, 2.75) is 17.7 Å². The maximum Gasteiger partial charge on any atom is 0.243 e. The van der Waals surface area contributed by atoms with E-state index in [0.717, 1.165) is 18.4 Å². The molecule has 1 aromatic rings. The van der Waals surface area contributed by atoms with Crippen LogP contribution < -0.4 is 5.73 Å². The number of rotatable bonds is 7. The summed E-state index contributed by atoms with van der Waals surface area (Å²) in [7, 11) is -1.86.